The fourth-order valence-corrected chi connectivity index (χ4v) is 1.11. The minimum Gasteiger partial charge on any atom is -0.476 e. The third-order valence-corrected chi connectivity index (χ3v) is 1.79. The fraction of sp³-hybridized carbons (Fsp3) is 0.455. The number of anilines is 1. The first kappa shape index (κ1) is 13.9. The average molecular weight is 253 g/mol. The number of aromatic carboxylic acids is 1. The molecule has 0 bridgehead atoms. The quantitative estimate of drug-likeness (QED) is 0.833. The van der Waals surface area contributed by atoms with Crippen LogP contribution in [0.2, 0.25) is 0 Å². The predicted molar refractivity (Wildman–Crippen MR) is 63.6 cm³/mol. The SMILES string of the molecule is Cc1cnc(NC(=O)OC(C)(C)C)nc1C(=O)O. The number of carboxylic acid groups (broad SMARTS) is 1. The van der Waals surface area contributed by atoms with Crippen LogP contribution in [0.4, 0.5) is 10.7 Å². The highest BCUT2D eigenvalue weighted by atomic mass is 16.6. The third-order valence-electron chi connectivity index (χ3n) is 1.79. The minimum atomic E-state index is -1.18. The van der Waals surface area contributed by atoms with Crippen LogP contribution in [0, 0.1) is 6.92 Å². The molecule has 2 N–H and O–H groups in total. The second-order valence-electron chi connectivity index (χ2n) is 4.66. The van der Waals surface area contributed by atoms with Gasteiger partial charge in [-0.15, -0.1) is 0 Å². The number of carbonyl (C=O) groups excluding carboxylic acids is 1. The lowest BCUT2D eigenvalue weighted by molar-refractivity contribution is 0.0630. The number of carboxylic acids is 1. The van der Waals surface area contributed by atoms with Crippen LogP contribution >= 0.6 is 0 Å². The molecule has 98 valence electrons. The largest absolute Gasteiger partial charge is 0.476 e. The van der Waals surface area contributed by atoms with Crippen LogP contribution in [0.5, 0.6) is 0 Å². The van der Waals surface area contributed by atoms with Gasteiger partial charge in [-0.2, -0.15) is 0 Å². The van der Waals surface area contributed by atoms with Gasteiger partial charge in [0.2, 0.25) is 5.95 Å². The number of aryl methyl sites for hydroxylation is 1. The molecule has 1 amide bonds. The monoisotopic (exact) mass is 253 g/mol. The first-order chi connectivity index (χ1) is 8.19. The highest BCUT2D eigenvalue weighted by molar-refractivity contribution is 5.88. The van der Waals surface area contributed by atoms with E-state index < -0.39 is 17.7 Å². The number of rotatable bonds is 2. The Hall–Kier alpha value is -2.18. The summed E-state index contributed by atoms with van der Waals surface area (Å²) in [5.74, 6) is -1.28. The van der Waals surface area contributed by atoms with E-state index in [9.17, 15) is 9.59 Å². The van der Waals surface area contributed by atoms with Gasteiger partial charge in [-0.1, -0.05) is 0 Å². The summed E-state index contributed by atoms with van der Waals surface area (Å²) < 4.78 is 4.99. The Labute approximate surface area is 104 Å². The smallest absolute Gasteiger partial charge is 0.414 e. The van der Waals surface area contributed by atoms with Gasteiger partial charge in [-0.3, -0.25) is 5.32 Å². The Morgan fingerprint density at radius 3 is 2.50 bits per heavy atom. The fourth-order valence-electron chi connectivity index (χ4n) is 1.11. The maximum absolute atomic E-state index is 11.4. The summed E-state index contributed by atoms with van der Waals surface area (Å²) in [6.45, 7) is 6.71. The van der Waals surface area contributed by atoms with Crippen LogP contribution in [0.3, 0.4) is 0 Å². The van der Waals surface area contributed by atoms with Crippen molar-refractivity contribution < 1.29 is 19.4 Å². The normalized spacial score (nSPS) is 10.9. The van der Waals surface area contributed by atoms with Crippen LogP contribution in [0.25, 0.3) is 0 Å². The number of nitrogens with zero attached hydrogens (tertiary/aromatic N) is 2. The topological polar surface area (TPSA) is 101 Å². The zero-order valence-corrected chi connectivity index (χ0v) is 10.6. The van der Waals surface area contributed by atoms with Crippen molar-refractivity contribution in [2.24, 2.45) is 0 Å². The molecule has 0 aliphatic carbocycles. The molecule has 1 rings (SSSR count). The molecule has 0 aromatic carbocycles. The number of ether oxygens (including phenoxy) is 1. The van der Waals surface area contributed by atoms with E-state index in [1.54, 1.807) is 27.7 Å². The van der Waals surface area contributed by atoms with E-state index in [4.69, 9.17) is 9.84 Å². The molecule has 0 aliphatic heterocycles. The van der Waals surface area contributed by atoms with Crippen molar-refractivity contribution in [2.45, 2.75) is 33.3 Å². The van der Waals surface area contributed by atoms with Gasteiger partial charge in [0.05, 0.1) is 0 Å². The Bertz CT molecular complexity index is 480. The van der Waals surface area contributed by atoms with E-state index in [1.165, 1.54) is 6.20 Å². The molecule has 7 nitrogen and oxygen atoms in total. The van der Waals surface area contributed by atoms with E-state index in [0.717, 1.165) is 0 Å². The number of amides is 1. The van der Waals surface area contributed by atoms with Crippen LogP contribution in [-0.4, -0.2) is 32.7 Å². The summed E-state index contributed by atoms with van der Waals surface area (Å²) in [6.07, 6.45) is 0.589. The zero-order valence-electron chi connectivity index (χ0n) is 10.6. The summed E-state index contributed by atoms with van der Waals surface area (Å²) in [5, 5.41) is 11.2. The molecular weight excluding hydrogens is 238 g/mol. The highest BCUT2D eigenvalue weighted by Crippen LogP contribution is 2.10. The Morgan fingerprint density at radius 2 is 2.00 bits per heavy atom. The number of hydrogen-bond donors (Lipinski definition) is 2. The van der Waals surface area contributed by atoms with E-state index in [0.29, 0.717) is 5.56 Å². The van der Waals surface area contributed by atoms with Crippen LogP contribution in [0.1, 0.15) is 36.8 Å². The summed E-state index contributed by atoms with van der Waals surface area (Å²) >= 11 is 0. The predicted octanol–water partition coefficient (Wildman–Crippen LogP) is 1.83. The summed E-state index contributed by atoms with van der Waals surface area (Å²) in [6, 6.07) is 0. The molecule has 0 fully saturated rings. The van der Waals surface area contributed by atoms with Gasteiger partial charge >= 0.3 is 12.1 Å². The lowest BCUT2D eigenvalue weighted by Gasteiger charge is -2.19. The van der Waals surface area contributed by atoms with Gasteiger partial charge in [-0.05, 0) is 27.7 Å². The maximum Gasteiger partial charge on any atom is 0.414 e. The van der Waals surface area contributed by atoms with Crippen molar-refractivity contribution in [1.29, 1.82) is 0 Å². The van der Waals surface area contributed by atoms with Gasteiger partial charge in [0.15, 0.2) is 5.69 Å². The highest BCUT2D eigenvalue weighted by Gasteiger charge is 2.18. The van der Waals surface area contributed by atoms with E-state index in [2.05, 4.69) is 15.3 Å². The second-order valence-corrected chi connectivity index (χ2v) is 4.66. The molecule has 1 aromatic heterocycles. The zero-order chi connectivity index (χ0) is 13.9. The lowest BCUT2D eigenvalue weighted by Crippen LogP contribution is -2.28. The molecule has 1 heterocycles. The van der Waals surface area contributed by atoms with Crippen molar-refractivity contribution >= 4 is 18.0 Å². The van der Waals surface area contributed by atoms with Crippen molar-refractivity contribution in [3.05, 3.63) is 17.5 Å². The van der Waals surface area contributed by atoms with Gasteiger partial charge in [0, 0.05) is 11.8 Å². The molecule has 7 heteroatoms. The number of aromatic nitrogens is 2. The van der Waals surface area contributed by atoms with Crippen LogP contribution in [-0.2, 0) is 4.74 Å². The van der Waals surface area contributed by atoms with Crippen molar-refractivity contribution in [3.8, 4) is 0 Å². The summed E-state index contributed by atoms with van der Waals surface area (Å²) in [4.78, 5) is 29.8. The second kappa shape index (κ2) is 4.99. The lowest BCUT2D eigenvalue weighted by atomic mass is 10.2. The van der Waals surface area contributed by atoms with Crippen molar-refractivity contribution in [1.82, 2.24) is 9.97 Å². The molecule has 0 aliphatic rings. The molecule has 0 saturated heterocycles. The molecular formula is C11H15N3O4. The third kappa shape index (κ3) is 4.00. The van der Waals surface area contributed by atoms with E-state index in [-0.39, 0.29) is 11.6 Å². The molecule has 0 unspecified atom stereocenters. The minimum absolute atomic E-state index is 0.104. The van der Waals surface area contributed by atoms with Crippen molar-refractivity contribution in [3.63, 3.8) is 0 Å². The average Bonchev–Trinajstić information content (AvgIpc) is 2.17. The van der Waals surface area contributed by atoms with Crippen LogP contribution in [0.15, 0.2) is 6.20 Å². The molecule has 1 aromatic rings. The molecule has 0 saturated carbocycles. The van der Waals surface area contributed by atoms with Gasteiger partial charge in [0.1, 0.15) is 5.60 Å². The van der Waals surface area contributed by atoms with Crippen molar-refractivity contribution in [2.75, 3.05) is 5.32 Å². The standard InChI is InChI=1S/C11H15N3O4/c1-6-5-12-9(13-7(6)8(15)16)14-10(17)18-11(2,3)4/h5H,1-4H3,(H,15,16)(H,12,13,14,17). The van der Waals surface area contributed by atoms with Gasteiger partial charge < -0.3 is 9.84 Å². The Balaban J connectivity index is 2.83. The van der Waals surface area contributed by atoms with Gasteiger partial charge in [0.25, 0.3) is 0 Å². The summed E-state index contributed by atoms with van der Waals surface area (Å²) in [7, 11) is 0. The molecule has 0 radical (unpaired) electrons. The number of carbonyl (C=O) groups is 2. The summed E-state index contributed by atoms with van der Waals surface area (Å²) in [5.41, 5.74) is -0.391. The number of hydrogen-bond acceptors (Lipinski definition) is 5. The number of nitrogens with one attached hydrogen (secondary N) is 1. The Morgan fingerprint density at radius 1 is 1.39 bits per heavy atom. The Kier molecular flexibility index (Phi) is 3.85. The van der Waals surface area contributed by atoms with E-state index >= 15 is 0 Å². The molecule has 0 spiro atoms. The van der Waals surface area contributed by atoms with Gasteiger partial charge in [-0.25, -0.2) is 19.6 Å². The van der Waals surface area contributed by atoms with E-state index in [1.807, 2.05) is 0 Å². The molecule has 18 heavy (non-hydrogen) atoms. The first-order valence-electron chi connectivity index (χ1n) is 5.26. The maximum atomic E-state index is 11.4. The first-order valence-corrected chi connectivity index (χ1v) is 5.26. The van der Waals surface area contributed by atoms with Crippen LogP contribution < -0.4 is 5.32 Å². The molecule has 0 atom stereocenters.